The van der Waals surface area contributed by atoms with Crippen molar-refractivity contribution in [1.29, 1.82) is 0 Å². The van der Waals surface area contributed by atoms with Crippen molar-refractivity contribution < 1.29 is 4.79 Å². The van der Waals surface area contributed by atoms with Gasteiger partial charge in [0.15, 0.2) is 0 Å². The van der Waals surface area contributed by atoms with Crippen LogP contribution in [0.2, 0.25) is 0 Å². The van der Waals surface area contributed by atoms with Crippen LogP contribution in [-0.4, -0.2) is 41.6 Å². The highest BCUT2D eigenvalue weighted by Gasteiger charge is 2.23. The van der Waals surface area contributed by atoms with Gasteiger partial charge in [0, 0.05) is 38.1 Å². The van der Waals surface area contributed by atoms with E-state index in [1.807, 2.05) is 35.2 Å². The quantitative estimate of drug-likeness (QED) is 0.512. The van der Waals surface area contributed by atoms with E-state index in [1.54, 1.807) is 11.3 Å². The number of hydrogen-bond donors (Lipinski definition) is 0. The van der Waals surface area contributed by atoms with Gasteiger partial charge in [-0.2, -0.15) is 0 Å². The van der Waals surface area contributed by atoms with Crippen LogP contribution >= 0.6 is 11.3 Å². The van der Waals surface area contributed by atoms with Gasteiger partial charge in [-0.05, 0) is 41.8 Å². The second kappa shape index (κ2) is 7.17. The van der Waals surface area contributed by atoms with Crippen molar-refractivity contribution in [2.45, 2.75) is 0 Å². The van der Waals surface area contributed by atoms with E-state index < -0.39 is 0 Å². The highest BCUT2D eigenvalue weighted by Crippen LogP contribution is 2.27. The molecule has 0 spiro atoms. The molecule has 4 aromatic rings. The third kappa shape index (κ3) is 3.08. The fourth-order valence-corrected chi connectivity index (χ4v) is 4.78. The molecule has 1 saturated heterocycles. The third-order valence-electron chi connectivity index (χ3n) is 5.33. The SMILES string of the molecule is O=C(c1ccc(-n2ccc3ccccc32)s1)N1CCN(c2ccccc2)CC1. The predicted molar refractivity (Wildman–Crippen MR) is 116 cm³/mol. The van der Waals surface area contributed by atoms with Crippen LogP contribution in [0.25, 0.3) is 15.9 Å². The minimum atomic E-state index is 0.139. The maximum atomic E-state index is 13.0. The van der Waals surface area contributed by atoms with Gasteiger partial charge in [-0.3, -0.25) is 4.79 Å². The number of benzene rings is 2. The molecule has 1 aliphatic rings. The van der Waals surface area contributed by atoms with Gasteiger partial charge in [0.2, 0.25) is 0 Å². The summed E-state index contributed by atoms with van der Waals surface area (Å²) in [5.74, 6) is 0.139. The second-order valence-electron chi connectivity index (χ2n) is 7.00. The number of para-hydroxylation sites is 2. The minimum Gasteiger partial charge on any atom is -0.368 e. The average molecular weight is 388 g/mol. The summed E-state index contributed by atoms with van der Waals surface area (Å²) in [6, 6.07) is 24.8. The van der Waals surface area contributed by atoms with E-state index in [-0.39, 0.29) is 5.91 Å². The molecule has 1 amide bonds. The Labute approximate surface area is 168 Å². The molecule has 5 rings (SSSR count). The zero-order valence-corrected chi connectivity index (χ0v) is 16.3. The standard InChI is InChI=1S/C23H21N3OS/c27-23(25-16-14-24(15-17-25)19-7-2-1-3-8-19)21-10-11-22(28-21)26-13-12-18-6-4-5-9-20(18)26/h1-13H,14-17H2. The zero-order valence-electron chi connectivity index (χ0n) is 15.5. The molecular weight excluding hydrogens is 366 g/mol. The fraction of sp³-hybridized carbons (Fsp3) is 0.174. The Morgan fingerprint density at radius 2 is 1.54 bits per heavy atom. The first-order chi connectivity index (χ1) is 13.8. The Morgan fingerprint density at radius 3 is 2.36 bits per heavy atom. The van der Waals surface area contributed by atoms with E-state index in [4.69, 9.17) is 0 Å². The summed E-state index contributed by atoms with van der Waals surface area (Å²) in [6.45, 7) is 3.26. The van der Waals surface area contributed by atoms with Gasteiger partial charge in [-0.15, -0.1) is 11.3 Å². The van der Waals surface area contributed by atoms with Gasteiger partial charge in [0.1, 0.15) is 5.00 Å². The molecule has 0 unspecified atom stereocenters. The first-order valence-corrected chi connectivity index (χ1v) is 10.4. The lowest BCUT2D eigenvalue weighted by molar-refractivity contribution is 0.0751. The molecule has 0 N–H and O–H groups in total. The summed E-state index contributed by atoms with van der Waals surface area (Å²) in [7, 11) is 0. The summed E-state index contributed by atoms with van der Waals surface area (Å²) in [5.41, 5.74) is 2.40. The lowest BCUT2D eigenvalue weighted by Gasteiger charge is -2.35. The molecule has 0 atom stereocenters. The second-order valence-corrected chi connectivity index (χ2v) is 8.06. The smallest absolute Gasteiger partial charge is 0.264 e. The first-order valence-electron chi connectivity index (χ1n) is 9.55. The van der Waals surface area contributed by atoms with Crippen LogP contribution in [-0.2, 0) is 0 Å². The molecule has 1 fully saturated rings. The summed E-state index contributed by atoms with van der Waals surface area (Å²) in [5, 5.41) is 2.29. The van der Waals surface area contributed by atoms with Crippen LogP contribution < -0.4 is 4.90 Å². The monoisotopic (exact) mass is 387 g/mol. The van der Waals surface area contributed by atoms with Crippen molar-refractivity contribution in [2.75, 3.05) is 31.1 Å². The van der Waals surface area contributed by atoms with Crippen LogP contribution in [0, 0.1) is 0 Å². The van der Waals surface area contributed by atoms with E-state index in [0.29, 0.717) is 0 Å². The third-order valence-corrected chi connectivity index (χ3v) is 6.40. The van der Waals surface area contributed by atoms with E-state index >= 15 is 0 Å². The van der Waals surface area contributed by atoms with E-state index in [2.05, 4.69) is 58.1 Å². The van der Waals surface area contributed by atoms with Crippen molar-refractivity contribution in [1.82, 2.24) is 9.47 Å². The number of hydrogen-bond acceptors (Lipinski definition) is 3. The molecule has 0 saturated carbocycles. The molecule has 28 heavy (non-hydrogen) atoms. The number of nitrogens with zero attached hydrogens (tertiary/aromatic N) is 3. The van der Waals surface area contributed by atoms with Crippen molar-refractivity contribution in [3.63, 3.8) is 0 Å². The Morgan fingerprint density at radius 1 is 0.786 bits per heavy atom. The lowest BCUT2D eigenvalue weighted by atomic mass is 10.2. The number of fused-ring (bicyclic) bond motifs is 1. The number of aromatic nitrogens is 1. The maximum absolute atomic E-state index is 13.0. The van der Waals surface area contributed by atoms with Gasteiger partial charge in [0.05, 0.1) is 10.4 Å². The average Bonchev–Trinajstić information content (AvgIpc) is 3.41. The van der Waals surface area contributed by atoms with Crippen LogP contribution in [0.3, 0.4) is 0 Å². The summed E-state index contributed by atoms with van der Waals surface area (Å²) in [4.78, 5) is 18.1. The first kappa shape index (κ1) is 17.1. The minimum absolute atomic E-state index is 0.139. The Hall–Kier alpha value is -3.05. The van der Waals surface area contributed by atoms with Crippen molar-refractivity contribution in [2.24, 2.45) is 0 Å². The van der Waals surface area contributed by atoms with Gasteiger partial charge < -0.3 is 14.4 Å². The van der Waals surface area contributed by atoms with Gasteiger partial charge in [0.25, 0.3) is 5.91 Å². The normalized spacial score (nSPS) is 14.6. The molecule has 2 aromatic carbocycles. The molecule has 1 aliphatic heterocycles. The van der Waals surface area contributed by atoms with Crippen molar-refractivity contribution in [3.05, 3.63) is 83.9 Å². The van der Waals surface area contributed by atoms with E-state index in [1.165, 1.54) is 16.6 Å². The molecular formula is C23H21N3OS. The Kier molecular flexibility index (Phi) is 4.37. The molecule has 2 aromatic heterocycles. The maximum Gasteiger partial charge on any atom is 0.264 e. The van der Waals surface area contributed by atoms with Crippen LogP contribution in [0.1, 0.15) is 9.67 Å². The zero-order chi connectivity index (χ0) is 18.9. The lowest BCUT2D eigenvalue weighted by Crippen LogP contribution is -2.48. The van der Waals surface area contributed by atoms with Crippen LogP contribution in [0.5, 0.6) is 0 Å². The van der Waals surface area contributed by atoms with Gasteiger partial charge in [-0.1, -0.05) is 36.4 Å². The fourth-order valence-electron chi connectivity index (χ4n) is 3.81. The molecule has 3 heterocycles. The highest BCUT2D eigenvalue weighted by atomic mass is 32.1. The Bertz CT molecular complexity index is 1110. The van der Waals surface area contributed by atoms with Crippen LogP contribution in [0.4, 0.5) is 5.69 Å². The predicted octanol–water partition coefficient (Wildman–Crippen LogP) is 4.65. The number of carbonyl (C=O) groups is 1. The molecule has 0 aliphatic carbocycles. The molecule has 4 nitrogen and oxygen atoms in total. The van der Waals surface area contributed by atoms with E-state index in [0.717, 1.165) is 36.1 Å². The van der Waals surface area contributed by atoms with Gasteiger partial charge in [-0.25, -0.2) is 0 Å². The van der Waals surface area contributed by atoms with Crippen LogP contribution in [0.15, 0.2) is 79.0 Å². The topological polar surface area (TPSA) is 28.5 Å². The molecule has 0 radical (unpaired) electrons. The summed E-state index contributed by atoms with van der Waals surface area (Å²) < 4.78 is 2.16. The number of piperazine rings is 1. The number of amides is 1. The molecule has 5 heteroatoms. The summed E-state index contributed by atoms with van der Waals surface area (Å²) >= 11 is 1.56. The summed E-state index contributed by atoms with van der Waals surface area (Å²) in [6.07, 6.45) is 2.07. The molecule has 140 valence electrons. The molecule has 0 bridgehead atoms. The number of rotatable bonds is 3. The number of thiophene rings is 1. The number of anilines is 1. The van der Waals surface area contributed by atoms with Gasteiger partial charge >= 0.3 is 0 Å². The Balaban J connectivity index is 1.31. The van der Waals surface area contributed by atoms with Crippen molar-refractivity contribution >= 4 is 33.8 Å². The van der Waals surface area contributed by atoms with E-state index in [9.17, 15) is 4.79 Å². The number of carbonyl (C=O) groups excluding carboxylic acids is 1. The van der Waals surface area contributed by atoms with Crippen molar-refractivity contribution in [3.8, 4) is 5.00 Å². The highest BCUT2D eigenvalue weighted by molar-refractivity contribution is 7.16. The largest absolute Gasteiger partial charge is 0.368 e.